The topological polar surface area (TPSA) is 75.7 Å². The lowest BCUT2D eigenvalue weighted by Gasteiger charge is -2.49. The van der Waals surface area contributed by atoms with Crippen LogP contribution in [0.15, 0.2) is 92.1 Å². The molecule has 6 nitrogen and oxygen atoms in total. The Morgan fingerprint density at radius 2 is 1.46 bits per heavy atom. The van der Waals surface area contributed by atoms with Crippen LogP contribution in [0.4, 0.5) is 5.69 Å². The van der Waals surface area contributed by atoms with Gasteiger partial charge in [0.25, 0.3) is 5.91 Å². The first-order chi connectivity index (χ1) is 22.6. The number of hydrogen-bond donors (Lipinski definition) is 1. The molecular weight excluding hydrogens is 732 g/mol. The molecule has 0 saturated heterocycles. The largest absolute Gasteiger partial charge is 0.482 e. The number of Topliss-reactive ketones (excluding diaryl/α,β-unsaturated/α-hetero) is 2. The molecular formula is C40H42Br2N2O4. The van der Waals surface area contributed by atoms with E-state index < -0.39 is 5.92 Å². The summed E-state index contributed by atoms with van der Waals surface area (Å²) in [6.07, 6.45) is 2.17. The Morgan fingerprint density at radius 3 is 2.06 bits per heavy atom. The van der Waals surface area contributed by atoms with Crippen LogP contribution in [0, 0.1) is 24.7 Å². The Morgan fingerprint density at radius 1 is 0.854 bits per heavy atom. The highest BCUT2D eigenvalue weighted by molar-refractivity contribution is 9.11. The predicted molar refractivity (Wildman–Crippen MR) is 197 cm³/mol. The number of carbonyl (C=O) groups is 3. The molecule has 1 aliphatic heterocycles. The van der Waals surface area contributed by atoms with Gasteiger partial charge in [0.05, 0.1) is 4.47 Å². The number of benzene rings is 3. The van der Waals surface area contributed by atoms with Gasteiger partial charge in [0.2, 0.25) is 0 Å². The van der Waals surface area contributed by atoms with E-state index in [2.05, 4.69) is 81.9 Å². The summed E-state index contributed by atoms with van der Waals surface area (Å²) in [5.41, 5.74) is 7.40. The van der Waals surface area contributed by atoms with E-state index >= 15 is 0 Å². The van der Waals surface area contributed by atoms with Gasteiger partial charge in [-0.2, -0.15) is 0 Å². The number of carbonyl (C=O) groups excluding carboxylic acids is 3. The normalized spacial score (nSPS) is 18.9. The molecule has 48 heavy (non-hydrogen) atoms. The van der Waals surface area contributed by atoms with E-state index in [4.69, 9.17) is 4.74 Å². The van der Waals surface area contributed by atoms with Crippen LogP contribution in [-0.4, -0.2) is 29.0 Å². The maximum absolute atomic E-state index is 14.4. The van der Waals surface area contributed by atoms with Gasteiger partial charge in [-0.05, 0) is 88.3 Å². The number of allylic oxidation sites excluding steroid dienone is 4. The van der Waals surface area contributed by atoms with Crippen molar-refractivity contribution in [3.63, 3.8) is 0 Å². The number of nitrogens with zero attached hydrogens (tertiary/aromatic N) is 1. The van der Waals surface area contributed by atoms with E-state index in [1.54, 1.807) is 0 Å². The maximum Gasteiger partial charge on any atom is 0.262 e. The predicted octanol–water partition coefficient (Wildman–Crippen LogP) is 9.73. The first-order valence-electron chi connectivity index (χ1n) is 16.5. The molecule has 0 saturated carbocycles. The van der Waals surface area contributed by atoms with Crippen molar-refractivity contribution in [3.8, 4) is 5.75 Å². The van der Waals surface area contributed by atoms with Crippen LogP contribution in [0.25, 0.3) is 0 Å². The van der Waals surface area contributed by atoms with Gasteiger partial charge in [-0.25, -0.2) is 0 Å². The van der Waals surface area contributed by atoms with E-state index in [0.29, 0.717) is 59.2 Å². The van der Waals surface area contributed by atoms with Gasteiger partial charge >= 0.3 is 0 Å². The van der Waals surface area contributed by atoms with Gasteiger partial charge in [0, 0.05) is 63.6 Å². The molecule has 3 aromatic rings. The van der Waals surface area contributed by atoms with Crippen LogP contribution in [0.3, 0.4) is 0 Å². The molecule has 0 bridgehead atoms. The van der Waals surface area contributed by atoms with Crippen LogP contribution < -0.4 is 10.1 Å². The van der Waals surface area contributed by atoms with Crippen molar-refractivity contribution >= 4 is 55.0 Å². The van der Waals surface area contributed by atoms with Crippen molar-refractivity contribution in [2.45, 2.75) is 79.7 Å². The summed E-state index contributed by atoms with van der Waals surface area (Å²) in [5.74, 6) is -0.385. The molecule has 3 aliphatic rings. The van der Waals surface area contributed by atoms with E-state index in [0.717, 1.165) is 38.2 Å². The molecule has 1 amide bonds. The number of halogens is 2. The molecule has 0 fully saturated rings. The molecule has 3 aromatic carbocycles. The average Bonchev–Trinajstić information content (AvgIpc) is 2.99. The molecule has 1 N–H and O–H groups in total. The summed E-state index contributed by atoms with van der Waals surface area (Å²) < 4.78 is 7.76. The summed E-state index contributed by atoms with van der Waals surface area (Å²) in [4.78, 5) is 44.3. The first-order valence-corrected chi connectivity index (χ1v) is 18.0. The Kier molecular flexibility index (Phi) is 9.37. The number of amides is 1. The maximum atomic E-state index is 14.4. The standard InChI is InChI=1S/C40H42Br2N2O4/c1-23-11-10-14-29(24(23)2)43-34(47)22-48-38-27(15-26(41)16-28(38)42)35-36-30(17-39(3,4)19-32(36)45)44(21-25-12-8-7-9-13-25)31-18-40(5,6)20-33(46)37(31)35/h7-16,35H,17-22H2,1-6H3,(H,43,47). The monoisotopic (exact) mass is 772 g/mol. The number of ether oxygens (including phenoxy) is 1. The van der Waals surface area contributed by atoms with Crippen LogP contribution >= 0.6 is 31.9 Å². The van der Waals surface area contributed by atoms with Crippen LogP contribution in [-0.2, 0) is 20.9 Å². The van der Waals surface area contributed by atoms with Gasteiger partial charge in [0.15, 0.2) is 18.2 Å². The Hall–Kier alpha value is -3.49. The Labute approximate surface area is 300 Å². The highest BCUT2D eigenvalue weighted by Crippen LogP contribution is 2.56. The van der Waals surface area contributed by atoms with Crippen molar-refractivity contribution in [1.82, 2.24) is 4.90 Å². The number of aryl methyl sites for hydroxylation is 1. The fourth-order valence-electron chi connectivity index (χ4n) is 7.47. The lowest BCUT2D eigenvalue weighted by molar-refractivity contribution is -0.120. The third-order valence-corrected chi connectivity index (χ3v) is 10.8. The molecule has 0 unspecified atom stereocenters. The summed E-state index contributed by atoms with van der Waals surface area (Å²) in [5, 5.41) is 2.98. The molecule has 0 aromatic heterocycles. The Bertz CT molecular complexity index is 1840. The van der Waals surface area contributed by atoms with E-state index in [1.807, 2.05) is 62.4 Å². The lowest BCUT2D eigenvalue weighted by atomic mass is 9.63. The number of hydrogen-bond acceptors (Lipinski definition) is 5. The van der Waals surface area contributed by atoms with Crippen LogP contribution in [0.5, 0.6) is 5.75 Å². The summed E-state index contributed by atoms with van der Waals surface area (Å²) in [6.45, 7) is 12.9. The van der Waals surface area contributed by atoms with Gasteiger partial charge in [-0.15, -0.1) is 0 Å². The fourth-order valence-corrected chi connectivity index (χ4v) is 8.85. The van der Waals surface area contributed by atoms with Crippen molar-refractivity contribution in [3.05, 3.63) is 114 Å². The highest BCUT2D eigenvalue weighted by Gasteiger charge is 2.49. The summed E-state index contributed by atoms with van der Waals surface area (Å²) >= 11 is 7.38. The molecule has 8 heteroatoms. The second kappa shape index (κ2) is 13.1. The van der Waals surface area contributed by atoms with E-state index in [9.17, 15) is 14.4 Å². The van der Waals surface area contributed by atoms with Gasteiger partial charge < -0.3 is 15.0 Å². The van der Waals surface area contributed by atoms with Crippen molar-refractivity contribution in [2.75, 3.05) is 11.9 Å². The second-order valence-corrected chi connectivity index (χ2v) is 16.8. The molecule has 0 atom stereocenters. The zero-order valence-electron chi connectivity index (χ0n) is 28.4. The minimum atomic E-state index is -0.625. The van der Waals surface area contributed by atoms with Crippen molar-refractivity contribution in [1.29, 1.82) is 0 Å². The molecule has 0 spiro atoms. The number of rotatable bonds is 7. The third-order valence-electron chi connectivity index (χ3n) is 9.78. The molecule has 1 heterocycles. The average molecular weight is 775 g/mol. The Balaban J connectivity index is 1.49. The van der Waals surface area contributed by atoms with Crippen molar-refractivity contribution < 1.29 is 19.1 Å². The van der Waals surface area contributed by atoms with Crippen molar-refractivity contribution in [2.24, 2.45) is 10.8 Å². The number of nitrogens with one attached hydrogen (secondary N) is 1. The van der Waals surface area contributed by atoms with Crippen LogP contribution in [0.2, 0.25) is 0 Å². The lowest BCUT2D eigenvalue weighted by Crippen LogP contribution is -2.44. The smallest absolute Gasteiger partial charge is 0.262 e. The highest BCUT2D eigenvalue weighted by atomic mass is 79.9. The number of anilines is 1. The van der Waals surface area contributed by atoms with Crippen LogP contribution in [0.1, 0.15) is 81.5 Å². The first kappa shape index (κ1) is 34.4. The van der Waals surface area contributed by atoms with Gasteiger partial charge in [-0.3, -0.25) is 14.4 Å². The second-order valence-electron chi connectivity index (χ2n) is 15.0. The van der Waals surface area contributed by atoms with Gasteiger partial charge in [-0.1, -0.05) is 86.1 Å². The zero-order chi connectivity index (χ0) is 34.5. The third kappa shape index (κ3) is 6.84. The minimum Gasteiger partial charge on any atom is -0.482 e. The fraction of sp³-hybridized carbons (Fsp3) is 0.375. The zero-order valence-corrected chi connectivity index (χ0v) is 31.6. The summed E-state index contributed by atoms with van der Waals surface area (Å²) in [7, 11) is 0. The molecule has 250 valence electrons. The van der Waals surface area contributed by atoms with Gasteiger partial charge in [0.1, 0.15) is 5.75 Å². The van der Waals surface area contributed by atoms with E-state index in [-0.39, 0.29) is 34.9 Å². The quantitative estimate of drug-likeness (QED) is 0.259. The number of ketones is 2. The molecule has 2 aliphatic carbocycles. The molecule has 0 radical (unpaired) electrons. The van der Waals surface area contributed by atoms with E-state index in [1.165, 1.54) is 0 Å². The molecule has 6 rings (SSSR count). The SMILES string of the molecule is Cc1cccc(NC(=O)COc2c(Br)cc(Br)cc2C2C3=C(CC(C)(C)CC3=O)N(Cc3ccccc3)C3=C2C(=O)CC(C)(C)C3)c1C. The summed E-state index contributed by atoms with van der Waals surface area (Å²) in [6, 6.07) is 19.8. The minimum absolute atomic E-state index is 0.0446.